The summed E-state index contributed by atoms with van der Waals surface area (Å²) in [6, 6.07) is 15.6. The van der Waals surface area contributed by atoms with Gasteiger partial charge in [0.05, 0.1) is 24.6 Å². The number of aromatic nitrogens is 2. The minimum Gasteiger partial charge on any atom is -0.491 e. The summed E-state index contributed by atoms with van der Waals surface area (Å²) < 4.78 is 23.3. The van der Waals surface area contributed by atoms with Crippen LogP contribution in [0, 0.1) is 0 Å². The molecule has 0 aliphatic carbocycles. The lowest BCUT2D eigenvalue weighted by Gasteiger charge is -2.37. The molecule has 0 radical (unpaired) electrons. The number of amides is 1. The molecule has 3 heterocycles. The van der Waals surface area contributed by atoms with Gasteiger partial charge in [-0.2, -0.15) is 0 Å². The van der Waals surface area contributed by atoms with Crippen LogP contribution in [0.3, 0.4) is 0 Å². The van der Waals surface area contributed by atoms with Crippen LogP contribution in [0.1, 0.15) is 20.8 Å². The van der Waals surface area contributed by atoms with E-state index in [2.05, 4.69) is 15.2 Å². The topological polar surface area (TPSA) is 98.3 Å². The molecule has 2 aliphatic heterocycles. The molecule has 206 valence electrons. The van der Waals surface area contributed by atoms with Gasteiger partial charge in [-0.25, -0.2) is 14.8 Å². The third-order valence-electron chi connectivity index (χ3n) is 6.26. The van der Waals surface area contributed by atoms with Crippen molar-refractivity contribution in [1.82, 2.24) is 14.9 Å². The molecule has 3 aromatic rings. The third kappa shape index (κ3) is 7.08. The van der Waals surface area contributed by atoms with Crippen LogP contribution in [-0.2, 0) is 9.47 Å². The Morgan fingerprint density at radius 3 is 2.54 bits per heavy atom. The third-order valence-corrected chi connectivity index (χ3v) is 6.26. The predicted octanol–water partition coefficient (Wildman–Crippen LogP) is 4.73. The molecule has 0 atom stereocenters. The molecule has 1 saturated heterocycles. The second kappa shape index (κ2) is 11.8. The standard InChI is InChI=1S/C29H35N5O5/c1-29(2,3)39-28(35)34-13-11-33(12-14-34)25-8-7-22-20-26(25)38-18-16-36-15-17-37-23-6-4-5-21(19-23)24-9-10-30-27(31-22)32-24/h4-10,19-20H,11-18H2,1-3H3,(H,30,31,32). The van der Waals surface area contributed by atoms with Crippen LogP contribution >= 0.6 is 0 Å². The largest absolute Gasteiger partial charge is 0.491 e. The highest BCUT2D eigenvalue weighted by Gasteiger charge is 2.27. The van der Waals surface area contributed by atoms with Gasteiger partial charge in [0, 0.05) is 49.7 Å². The zero-order valence-corrected chi connectivity index (χ0v) is 22.7. The van der Waals surface area contributed by atoms with E-state index in [0.29, 0.717) is 58.6 Å². The predicted molar refractivity (Wildman–Crippen MR) is 149 cm³/mol. The van der Waals surface area contributed by atoms with Gasteiger partial charge in [0.25, 0.3) is 0 Å². The molecule has 0 unspecified atom stereocenters. The van der Waals surface area contributed by atoms with E-state index in [0.717, 1.165) is 34.1 Å². The van der Waals surface area contributed by atoms with Gasteiger partial charge in [0.15, 0.2) is 0 Å². The zero-order chi connectivity index (χ0) is 27.2. The highest BCUT2D eigenvalue weighted by atomic mass is 16.6. The summed E-state index contributed by atoms with van der Waals surface area (Å²) in [4.78, 5) is 25.6. The van der Waals surface area contributed by atoms with Crippen LogP contribution in [0.4, 0.5) is 22.1 Å². The summed E-state index contributed by atoms with van der Waals surface area (Å²) in [6.07, 6.45) is 1.45. The highest BCUT2D eigenvalue weighted by Crippen LogP contribution is 2.33. The van der Waals surface area contributed by atoms with Gasteiger partial charge in [-0.05, 0) is 51.1 Å². The fraction of sp³-hybridized carbons (Fsp3) is 0.414. The van der Waals surface area contributed by atoms with Crippen molar-refractivity contribution in [3.63, 3.8) is 0 Å². The smallest absolute Gasteiger partial charge is 0.410 e. The van der Waals surface area contributed by atoms with Crippen LogP contribution in [0.15, 0.2) is 54.7 Å². The Hall–Kier alpha value is -4.05. The van der Waals surface area contributed by atoms with E-state index >= 15 is 0 Å². The van der Waals surface area contributed by atoms with E-state index in [9.17, 15) is 4.79 Å². The number of hydrogen-bond acceptors (Lipinski definition) is 9. The van der Waals surface area contributed by atoms with Crippen molar-refractivity contribution in [3.05, 3.63) is 54.7 Å². The molecule has 0 saturated carbocycles. The lowest BCUT2D eigenvalue weighted by molar-refractivity contribution is 0.0240. The Morgan fingerprint density at radius 2 is 1.74 bits per heavy atom. The van der Waals surface area contributed by atoms with Gasteiger partial charge in [-0.3, -0.25) is 0 Å². The summed E-state index contributed by atoms with van der Waals surface area (Å²) >= 11 is 0. The number of nitrogens with one attached hydrogen (secondary N) is 1. The molecule has 1 aromatic heterocycles. The molecule has 39 heavy (non-hydrogen) atoms. The molecule has 0 spiro atoms. The molecule has 5 rings (SSSR count). The molecule has 10 heteroatoms. The number of carbonyl (C=O) groups is 1. The maximum atomic E-state index is 12.5. The number of rotatable bonds is 1. The number of anilines is 3. The number of benzene rings is 2. The van der Waals surface area contributed by atoms with Crippen molar-refractivity contribution < 1.29 is 23.7 Å². The van der Waals surface area contributed by atoms with Gasteiger partial charge in [-0.15, -0.1) is 0 Å². The van der Waals surface area contributed by atoms with Crippen LogP contribution in [-0.4, -0.2) is 79.2 Å². The van der Waals surface area contributed by atoms with Gasteiger partial charge in [-0.1, -0.05) is 12.1 Å². The van der Waals surface area contributed by atoms with Crippen molar-refractivity contribution in [2.45, 2.75) is 26.4 Å². The monoisotopic (exact) mass is 533 g/mol. The molecule has 10 nitrogen and oxygen atoms in total. The number of piperazine rings is 1. The minimum absolute atomic E-state index is 0.281. The summed E-state index contributed by atoms with van der Waals surface area (Å²) in [5, 5.41) is 3.31. The second-order valence-corrected chi connectivity index (χ2v) is 10.4. The zero-order valence-electron chi connectivity index (χ0n) is 22.7. The Morgan fingerprint density at radius 1 is 0.949 bits per heavy atom. The second-order valence-electron chi connectivity index (χ2n) is 10.4. The van der Waals surface area contributed by atoms with E-state index in [1.54, 1.807) is 11.1 Å². The Kier molecular flexibility index (Phi) is 8.02. The van der Waals surface area contributed by atoms with E-state index in [1.807, 2.05) is 69.3 Å². The quantitative estimate of drug-likeness (QED) is 0.476. The van der Waals surface area contributed by atoms with E-state index in [4.69, 9.17) is 23.9 Å². The van der Waals surface area contributed by atoms with Crippen molar-refractivity contribution >= 4 is 23.4 Å². The highest BCUT2D eigenvalue weighted by molar-refractivity contribution is 5.71. The first kappa shape index (κ1) is 26.6. The Labute approximate surface area is 228 Å². The SMILES string of the molecule is CC(C)(C)OC(=O)N1CCN(c2ccc3cc2OCCOCCOc2cccc(c2)-c2ccnc(n2)N3)CC1. The Bertz CT molecular complexity index is 1290. The maximum Gasteiger partial charge on any atom is 0.410 e. The van der Waals surface area contributed by atoms with Crippen LogP contribution < -0.4 is 19.7 Å². The number of hydrogen-bond donors (Lipinski definition) is 1. The van der Waals surface area contributed by atoms with E-state index in [1.165, 1.54) is 0 Å². The summed E-state index contributed by atoms with van der Waals surface area (Å²) in [6.45, 7) is 9.80. The fourth-order valence-electron chi connectivity index (χ4n) is 4.41. The number of nitrogens with zero attached hydrogens (tertiary/aromatic N) is 4. The first-order valence-corrected chi connectivity index (χ1v) is 13.2. The summed E-state index contributed by atoms with van der Waals surface area (Å²) in [5.41, 5.74) is 2.97. The van der Waals surface area contributed by atoms with Crippen molar-refractivity contribution in [3.8, 4) is 22.8 Å². The van der Waals surface area contributed by atoms with Gasteiger partial charge in [0.1, 0.15) is 30.3 Å². The van der Waals surface area contributed by atoms with E-state index in [-0.39, 0.29) is 6.09 Å². The van der Waals surface area contributed by atoms with Crippen LogP contribution in [0.25, 0.3) is 11.3 Å². The molecule has 2 aliphatic rings. The number of fused-ring (bicyclic) bond motifs is 7. The molecule has 1 amide bonds. The molecule has 1 N–H and O–H groups in total. The number of carbonyl (C=O) groups excluding carboxylic acids is 1. The molecule has 1 fully saturated rings. The summed E-state index contributed by atoms with van der Waals surface area (Å²) in [5.74, 6) is 1.96. The summed E-state index contributed by atoms with van der Waals surface area (Å²) in [7, 11) is 0. The lowest BCUT2D eigenvalue weighted by Crippen LogP contribution is -2.50. The first-order valence-electron chi connectivity index (χ1n) is 13.2. The Balaban J connectivity index is 1.35. The van der Waals surface area contributed by atoms with Gasteiger partial charge >= 0.3 is 6.09 Å². The average Bonchev–Trinajstić information content (AvgIpc) is 2.92. The van der Waals surface area contributed by atoms with Crippen LogP contribution in [0.5, 0.6) is 11.5 Å². The number of ether oxygens (including phenoxy) is 4. The first-order chi connectivity index (χ1) is 18.8. The van der Waals surface area contributed by atoms with Crippen molar-refractivity contribution in [1.29, 1.82) is 0 Å². The van der Waals surface area contributed by atoms with E-state index < -0.39 is 5.60 Å². The van der Waals surface area contributed by atoms with Crippen molar-refractivity contribution in [2.75, 3.05) is 62.8 Å². The molecule has 2 aromatic carbocycles. The maximum absolute atomic E-state index is 12.5. The average molecular weight is 534 g/mol. The molecule has 6 bridgehead atoms. The van der Waals surface area contributed by atoms with Gasteiger partial charge in [0.2, 0.25) is 5.95 Å². The van der Waals surface area contributed by atoms with Crippen LogP contribution in [0.2, 0.25) is 0 Å². The van der Waals surface area contributed by atoms with Gasteiger partial charge < -0.3 is 34.1 Å². The molecular formula is C29H35N5O5. The fourth-order valence-corrected chi connectivity index (χ4v) is 4.41. The van der Waals surface area contributed by atoms with Crippen molar-refractivity contribution in [2.24, 2.45) is 0 Å². The molecular weight excluding hydrogens is 498 g/mol. The minimum atomic E-state index is -0.517. The lowest BCUT2D eigenvalue weighted by atomic mass is 10.1. The normalized spacial score (nSPS) is 16.3.